The van der Waals surface area contributed by atoms with Crippen LogP contribution < -0.4 is 10.1 Å². The average molecular weight is 336 g/mol. The number of hydrogen-bond acceptors (Lipinski definition) is 4. The zero-order valence-corrected chi connectivity index (χ0v) is 13.8. The van der Waals surface area contributed by atoms with Crippen molar-refractivity contribution in [3.05, 3.63) is 59.7 Å². The number of nitriles is 1. The van der Waals surface area contributed by atoms with Crippen LogP contribution in [0.15, 0.2) is 48.5 Å². The third kappa shape index (κ3) is 4.59. The zero-order valence-electron chi connectivity index (χ0n) is 13.8. The lowest BCUT2D eigenvalue weighted by atomic mass is 9.93. The van der Waals surface area contributed by atoms with Crippen LogP contribution >= 0.6 is 0 Å². The lowest BCUT2D eigenvalue weighted by molar-refractivity contribution is 0.0867. The first kappa shape index (κ1) is 17.0. The Bertz CT molecular complexity index is 772. The monoisotopic (exact) mass is 336 g/mol. The van der Waals surface area contributed by atoms with E-state index in [0.29, 0.717) is 22.6 Å². The number of carbonyl (C=O) groups is 1. The molecule has 2 aromatic carbocycles. The van der Waals surface area contributed by atoms with Gasteiger partial charge in [0.2, 0.25) is 0 Å². The summed E-state index contributed by atoms with van der Waals surface area (Å²) in [4.78, 5) is 12.4. The molecule has 0 unspecified atom stereocenters. The fourth-order valence-electron chi connectivity index (χ4n) is 2.92. The molecule has 1 fully saturated rings. The summed E-state index contributed by atoms with van der Waals surface area (Å²) in [5.41, 5.74) is 1.11. The number of nitrogens with zero attached hydrogens (tertiary/aromatic N) is 1. The number of amides is 1. The molecule has 0 radical (unpaired) electrons. The van der Waals surface area contributed by atoms with Crippen molar-refractivity contribution in [2.75, 3.05) is 0 Å². The van der Waals surface area contributed by atoms with Gasteiger partial charge in [-0.3, -0.25) is 4.79 Å². The van der Waals surface area contributed by atoms with Gasteiger partial charge in [-0.2, -0.15) is 5.26 Å². The Balaban J connectivity index is 1.64. The summed E-state index contributed by atoms with van der Waals surface area (Å²) in [6, 6.07) is 16.0. The first-order valence-corrected chi connectivity index (χ1v) is 8.41. The Kier molecular flexibility index (Phi) is 5.32. The minimum atomic E-state index is -0.239. The number of benzene rings is 2. The molecule has 5 nitrogen and oxygen atoms in total. The van der Waals surface area contributed by atoms with E-state index in [0.717, 1.165) is 25.7 Å². The van der Waals surface area contributed by atoms with E-state index in [2.05, 4.69) is 11.4 Å². The maximum atomic E-state index is 12.4. The van der Waals surface area contributed by atoms with Crippen molar-refractivity contribution in [1.82, 2.24) is 5.32 Å². The molecule has 25 heavy (non-hydrogen) atoms. The molecule has 1 amide bonds. The van der Waals surface area contributed by atoms with Gasteiger partial charge in [-0.25, -0.2) is 0 Å². The highest BCUT2D eigenvalue weighted by molar-refractivity contribution is 5.94. The van der Waals surface area contributed by atoms with Crippen molar-refractivity contribution >= 4 is 5.91 Å². The fraction of sp³-hybridized carbons (Fsp3) is 0.300. The van der Waals surface area contributed by atoms with Crippen molar-refractivity contribution < 1.29 is 14.6 Å². The van der Waals surface area contributed by atoms with E-state index < -0.39 is 0 Å². The van der Waals surface area contributed by atoms with Gasteiger partial charge in [0.05, 0.1) is 17.7 Å². The average Bonchev–Trinajstić information content (AvgIpc) is 2.64. The van der Waals surface area contributed by atoms with Crippen LogP contribution in [0.25, 0.3) is 0 Å². The highest BCUT2D eigenvalue weighted by atomic mass is 16.5. The summed E-state index contributed by atoms with van der Waals surface area (Å²) in [5, 5.41) is 21.4. The number of rotatable bonds is 4. The number of ether oxygens (including phenoxy) is 1. The van der Waals surface area contributed by atoms with E-state index >= 15 is 0 Å². The Morgan fingerprint density at radius 3 is 2.48 bits per heavy atom. The molecule has 2 aromatic rings. The summed E-state index contributed by atoms with van der Waals surface area (Å²) in [7, 11) is 0. The van der Waals surface area contributed by atoms with Crippen molar-refractivity contribution in [2.24, 2.45) is 0 Å². The lowest BCUT2D eigenvalue weighted by Gasteiger charge is -2.26. The summed E-state index contributed by atoms with van der Waals surface area (Å²) in [5.74, 6) is 1.04. The Morgan fingerprint density at radius 2 is 1.80 bits per heavy atom. The first-order chi connectivity index (χ1) is 12.1. The first-order valence-electron chi connectivity index (χ1n) is 8.41. The predicted octanol–water partition coefficient (Wildman–Crippen LogP) is 3.38. The normalized spacial score (nSPS) is 19.7. The number of aliphatic hydroxyl groups excluding tert-OH is 1. The van der Waals surface area contributed by atoms with Crippen LogP contribution in [0, 0.1) is 11.3 Å². The molecule has 5 heteroatoms. The SMILES string of the molecule is N#Cc1ccc(Oc2cccc(C(=O)NC3CCC(O)CC3)c2)cc1. The molecule has 2 N–H and O–H groups in total. The van der Waals surface area contributed by atoms with Crippen molar-refractivity contribution in [3.8, 4) is 17.6 Å². The second-order valence-electron chi connectivity index (χ2n) is 6.24. The smallest absolute Gasteiger partial charge is 0.251 e. The van der Waals surface area contributed by atoms with Crippen molar-refractivity contribution in [3.63, 3.8) is 0 Å². The van der Waals surface area contributed by atoms with Crippen LogP contribution in [0.4, 0.5) is 0 Å². The van der Waals surface area contributed by atoms with Gasteiger partial charge < -0.3 is 15.2 Å². The van der Waals surface area contributed by atoms with Crippen LogP contribution in [-0.2, 0) is 0 Å². The standard InChI is InChI=1S/C20H20N2O3/c21-13-14-4-10-18(11-5-14)25-19-3-1-2-15(12-19)20(24)22-16-6-8-17(23)9-7-16/h1-5,10-12,16-17,23H,6-9H2,(H,22,24). The lowest BCUT2D eigenvalue weighted by Crippen LogP contribution is -2.38. The van der Waals surface area contributed by atoms with E-state index in [-0.39, 0.29) is 18.1 Å². The predicted molar refractivity (Wildman–Crippen MR) is 93.4 cm³/mol. The molecule has 0 bridgehead atoms. The molecule has 0 aliphatic heterocycles. The third-order valence-corrected chi connectivity index (χ3v) is 4.35. The number of carbonyl (C=O) groups excluding carboxylic acids is 1. The van der Waals surface area contributed by atoms with Gasteiger partial charge in [-0.15, -0.1) is 0 Å². The van der Waals surface area contributed by atoms with Gasteiger partial charge in [-0.05, 0) is 68.1 Å². The summed E-state index contributed by atoms with van der Waals surface area (Å²) in [6.07, 6.45) is 2.82. The number of nitrogens with one attached hydrogen (secondary N) is 1. The van der Waals surface area contributed by atoms with Gasteiger partial charge in [-0.1, -0.05) is 6.07 Å². The number of aliphatic hydroxyl groups is 1. The molecule has 1 saturated carbocycles. The Hall–Kier alpha value is -2.84. The summed E-state index contributed by atoms with van der Waals surface area (Å²) < 4.78 is 5.75. The summed E-state index contributed by atoms with van der Waals surface area (Å²) >= 11 is 0. The minimum absolute atomic E-state index is 0.110. The molecular weight excluding hydrogens is 316 g/mol. The third-order valence-electron chi connectivity index (χ3n) is 4.35. The highest BCUT2D eigenvalue weighted by Gasteiger charge is 2.21. The quantitative estimate of drug-likeness (QED) is 0.896. The molecule has 0 spiro atoms. The topological polar surface area (TPSA) is 82.3 Å². The van der Waals surface area contributed by atoms with Gasteiger partial charge >= 0.3 is 0 Å². The summed E-state index contributed by atoms with van der Waals surface area (Å²) in [6.45, 7) is 0. The van der Waals surface area contributed by atoms with E-state index in [1.165, 1.54) is 0 Å². The van der Waals surface area contributed by atoms with Gasteiger partial charge in [0, 0.05) is 11.6 Å². The molecule has 0 aromatic heterocycles. The maximum absolute atomic E-state index is 12.4. The molecule has 128 valence electrons. The van der Waals surface area contributed by atoms with Crippen molar-refractivity contribution in [2.45, 2.75) is 37.8 Å². The number of hydrogen-bond donors (Lipinski definition) is 2. The van der Waals surface area contributed by atoms with Crippen LogP contribution in [0.3, 0.4) is 0 Å². The van der Waals surface area contributed by atoms with Crippen molar-refractivity contribution in [1.29, 1.82) is 5.26 Å². The molecule has 1 aliphatic carbocycles. The van der Waals surface area contributed by atoms with E-state index in [4.69, 9.17) is 10.00 Å². The van der Waals surface area contributed by atoms with Crippen LogP contribution in [0.5, 0.6) is 11.5 Å². The largest absolute Gasteiger partial charge is 0.457 e. The van der Waals surface area contributed by atoms with Crippen LogP contribution in [0.2, 0.25) is 0 Å². The van der Waals surface area contributed by atoms with E-state index in [1.807, 2.05) is 0 Å². The molecule has 1 aliphatic rings. The Labute approximate surface area is 146 Å². The van der Waals surface area contributed by atoms with Gasteiger partial charge in [0.1, 0.15) is 11.5 Å². The minimum Gasteiger partial charge on any atom is -0.457 e. The molecule has 3 rings (SSSR count). The van der Waals surface area contributed by atoms with Gasteiger partial charge in [0.25, 0.3) is 5.91 Å². The van der Waals surface area contributed by atoms with E-state index in [9.17, 15) is 9.90 Å². The van der Waals surface area contributed by atoms with E-state index in [1.54, 1.807) is 48.5 Å². The molecule has 0 heterocycles. The van der Waals surface area contributed by atoms with Crippen LogP contribution in [0.1, 0.15) is 41.6 Å². The highest BCUT2D eigenvalue weighted by Crippen LogP contribution is 2.23. The molecule has 0 atom stereocenters. The second kappa shape index (κ2) is 7.82. The van der Waals surface area contributed by atoms with Crippen LogP contribution in [-0.4, -0.2) is 23.2 Å². The Morgan fingerprint density at radius 1 is 1.08 bits per heavy atom. The zero-order chi connectivity index (χ0) is 17.6. The fourth-order valence-corrected chi connectivity index (χ4v) is 2.92. The molecule has 0 saturated heterocycles. The second-order valence-corrected chi connectivity index (χ2v) is 6.24. The maximum Gasteiger partial charge on any atom is 0.251 e. The molecular formula is C20H20N2O3. The van der Waals surface area contributed by atoms with Gasteiger partial charge in [0.15, 0.2) is 0 Å².